The van der Waals surface area contributed by atoms with E-state index in [0.717, 1.165) is 10.9 Å². The van der Waals surface area contributed by atoms with Crippen LogP contribution in [0.5, 0.6) is 5.75 Å². The van der Waals surface area contributed by atoms with Crippen molar-refractivity contribution in [3.05, 3.63) is 40.7 Å². The molecule has 0 amide bonds. The first-order valence-electron chi connectivity index (χ1n) is 4.94. The number of aryl methyl sites for hydroxylation is 1. The van der Waals surface area contributed by atoms with Gasteiger partial charge < -0.3 is 14.0 Å². The van der Waals surface area contributed by atoms with E-state index in [1.165, 1.54) is 6.07 Å². The molecule has 0 aliphatic carbocycles. The van der Waals surface area contributed by atoms with Gasteiger partial charge in [-0.2, -0.15) is 0 Å². The summed E-state index contributed by atoms with van der Waals surface area (Å²) in [5, 5.41) is 0.904. The molecule has 2 rings (SSSR count). The van der Waals surface area contributed by atoms with Crippen LogP contribution in [0, 0.1) is 0 Å². The minimum atomic E-state index is -0.0928. The van der Waals surface area contributed by atoms with Gasteiger partial charge in [-0.15, -0.1) is 0 Å². The number of ether oxygens (including phenoxy) is 2. The Bertz CT molecular complexity index is 560. The summed E-state index contributed by atoms with van der Waals surface area (Å²) in [4.78, 5) is 11.7. The lowest BCUT2D eigenvalue weighted by Gasteiger charge is -2.10. The predicted molar refractivity (Wildman–Crippen MR) is 61.7 cm³/mol. The van der Waals surface area contributed by atoms with Crippen LogP contribution in [0.1, 0.15) is 0 Å². The van der Waals surface area contributed by atoms with Crippen molar-refractivity contribution in [1.82, 2.24) is 4.57 Å². The molecule has 0 radical (unpaired) electrons. The molecular formula is C12H13NO3. The van der Waals surface area contributed by atoms with Crippen molar-refractivity contribution in [2.75, 3.05) is 13.9 Å². The Hall–Kier alpha value is -1.81. The maximum Gasteiger partial charge on any atom is 0.254 e. The number of fused-ring (bicyclic) bond motifs is 1. The lowest BCUT2D eigenvalue weighted by Crippen LogP contribution is -2.16. The number of pyridine rings is 1. The smallest absolute Gasteiger partial charge is 0.254 e. The number of methoxy groups -OCH3 is 1. The quantitative estimate of drug-likeness (QED) is 0.735. The van der Waals surface area contributed by atoms with Gasteiger partial charge in [0.1, 0.15) is 5.75 Å². The summed E-state index contributed by atoms with van der Waals surface area (Å²) in [6.07, 6.45) is 0. The van der Waals surface area contributed by atoms with Gasteiger partial charge in [0.15, 0.2) is 6.79 Å². The van der Waals surface area contributed by atoms with Gasteiger partial charge in [0, 0.05) is 25.6 Å². The zero-order chi connectivity index (χ0) is 11.5. The summed E-state index contributed by atoms with van der Waals surface area (Å²) in [7, 11) is 3.29. The zero-order valence-corrected chi connectivity index (χ0v) is 9.27. The molecule has 0 aliphatic rings. The highest BCUT2D eigenvalue weighted by molar-refractivity contribution is 5.85. The summed E-state index contributed by atoms with van der Waals surface area (Å²) >= 11 is 0. The molecule has 1 aromatic carbocycles. The summed E-state index contributed by atoms with van der Waals surface area (Å²) in [5.41, 5.74) is 0.755. The molecule has 84 valence electrons. The van der Waals surface area contributed by atoms with E-state index < -0.39 is 0 Å². The second-order valence-electron chi connectivity index (χ2n) is 3.47. The zero-order valence-electron chi connectivity index (χ0n) is 9.27. The van der Waals surface area contributed by atoms with Crippen LogP contribution in [-0.2, 0) is 11.8 Å². The highest BCUT2D eigenvalue weighted by Gasteiger charge is 2.06. The van der Waals surface area contributed by atoms with Crippen LogP contribution in [0.3, 0.4) is 0 Å². The molecular weight excluding hydrogens is 206 g/mol. The van der Waals surface area contributed by atoms with E-state index >= 15 is 0 Å². The first kappa shape index (κ1) is 10.7. The van der Waals surface area contributed by atoms with Gasteiger partial charge in [0.25, 0.3) is 5.56 Å². The molecule has 0 atom stereocenters. The summed E-state index contributed by atoms with van der Waals surface area (Å²) in [6.45, 7) is 0.136. The molecule has 1 heterocycles. The molecule has 0 unspecified atom stereocenters. The Morgan fingerprint density at radius 2 is 2.06 bits per heavy atom. The lowest BCUT2D eigenvalue weighted by molar-refractivity contribution is 0.0521. The third-order valence-corrected chi connectivity index (χ3v) is 2.45. The van der Waals surface area contributed by atoms with E-state index in [0.29, 0.717) is 5.75 Å². The monoisotopic (exact) mass is 219 g/mol. The van der Waals surface area contributed by atoms with Gasteiger partial charge in [-0.25, -0.2) is 0 Å². The van der Waals surface area contributed by atoms with Crippen LogP contribution < -0.4 is 10.3 Å². The highest BCUT2D eigenvalue weighted by Crippen LogP contribution is 2.22. The molecule has 0 aliphatic heterocycles. The van der Waals surface area contributed by atoms with Crippen LogP contribution in [0.25, 0.3) is 10.9 Å². The SMILES string of the molecule is COCOc1cc(=O)n(C)c2ccccc12. The van der Waals surface area contributed by atoms with Crippen molar-refractivity contribution < 1.29 is 9.47 Å². The average Bonchev–Trinajstić information content (AvgIpc) is 2.32. The fourth-order valence-corrected chi connectivity index (χ4v) is 1.62. The molecule has 0 saturated carbocycles. The van der Waals surface area contributed by atoms with E-state index in [9.17, 15) is 4.79 Å². The van der Waals surface area contributed by atoms with Crippen LogP contribution in [-0.4, -0.2) is 18.5 Å². The summed E-state index contributed by atoms with van der Waals surface area (Å²) < 4.78 is 11.8. The Balaban J connectivity index is 2.65. The predicted octanol–water partition coefficient (Wildman–Crippen LogP) is 1.52. The largest absolute Gasteiger partial charge is 0.467 e. The average molecular weight is 219 g/mol. The minimum Gasteiger partial charge on any atom is -0.467 e. The van der Waals surface area contributed by atoms with Crippen molar-refractivity contribution in [1.29, 1.82) is 0 Å². The van der Waals surface area contributed by atoms with Crippen molar-refractivity contribution in [3.8, 4) is 5.75 Å². The molecule has 4 heteroatoms. The third kappa shape index (κ3) is 1.79. The Kier molecular flexibility index (Phi) is 2.92. The van der Waals surface area contributed by atoms with Crippen LogP contribution in [0.15, 0.2) is 35.1 Å². The molecule has 1 aromatic heterocycles. The number of hydrogen-bond donors (Lipinski definition) is 0. The number of nitrogens with zero attached hydrogens (tertiary/aromatic N) is 1. The molecule has 0 N–H and O–H groups in total. The first-order valence-corrected chi connectivity index (χ1v) is 4.94. The van der Waals surface area contributed by atoms with E-state index in [1.807, 2.05) is 24.3 Å². The van der Waals surface area contributed by atoms with Gasteiger partial charge in [-0.1, -0.05) is 12.1 Å². The van der Waals surface area contributed by atoms with Crippen LogP contribution >= 0.6 is 0 Å². The molecule has 2 aromatic rings. The summed E-state index contributed by atoms with van der Waals surface area (Å²) in [6, 6.07) is 9.08. The Morgan fingerprint density at radius 1 is 1.31 bits per heavy atom. The third-order valence-electron chi connectivity index (χ3n) is 2.45. The van der Waals surface area contributed by atoms with Crippen LogP contribution in [0.4, 0.5) is 0 Å². The van der Waals surface area contributed by atoms with E-state index in [1.54, 1.807) is 18.7 Å². The first-order chi connectivity index (χ1) is 7.74. The van der Waals surface area contributed by atoms with Gasteiger partial charge in [0.05, 0.1) is 5.52 Å². The molecule has 4 nitrogen and oxygen atoms in total. The standard InChI is InChI=1S/C12H13NO3/c1-13-10-6-4-3-5-9(10)11(7-12(13)14)16-8-15-2/h3-7H,8H2,1-2H3. The van der Waals surface area contributed by atoms with Gasteiger partial charge in [-0.05, 0) is 12.1 Å². The summed E-state index contributed by atoms with van der Waals surface area (Å²) in [5.74, 6) is 0.556. The Morgan fingerprint density at radius 3 is 2.81 bits per heavy atom. The number of rotatable bonds is 3. The second-order valence-corrected chi connectivity index (χ2v) is 3.47. The lowest BCUT2D eigenvalue weighted by atomic mass is 10.2. The van der Waals surface area contributed by atoms with E-state index in [2.05, 4.69) is 0 Å². The molecule has 16 heavy (non-hydrogen) atoms. The van der Waals surface area contributed by atoms with Crippen molar-refractivity contribution in [3.63, 3.8) is 0 Å². The number of hydrogen-bond acceptors (Lipinski definition) is 3. The molecule has 0 bridgehead atoms. The van der Waals surface area contributed by atoms with Gasteiger partial charge in [0.2, 0.25) is 0 Å². The number of para-hydroxylation sites is 1. The maximum atomic E-state index is 11.7. The molecule has 0 saturated heterocycles. The van der Waals surface area contributed by atoms with Gasteiger partial charge >= 0.3 is 0 Å². The molecule has 0 fully saturated rings. The normalized spacial score (nSPS) is 10.6. The van der Waals surface area contributed by atoms with E-state index in [4.69, 9.17) is 9.47 Å². The molecule has 0 spiro atoms. The fourth-order valence-electron chi connectivity index (χ4n) is 1.62. The Labute approximate surface area is 93.0 Å². The van der Waals surface area contributed by atoms with Crippen molar-refractivity contribution >= 4 is 10.9 Å². The number of benzene rings is 1. The highest BCUT2D eigenvalue weighted by atomic mass is 16.7. The topological polar surface area (TPSA) is 40.5 Å². The second kappa shape index (κ2) is 4.37. The maximum absolute atomic E-state index is 11.7. The van der Waals surface area contributed by atoms with E-state index in [-0.39, 0.29) is 12.4 Å². The number of aromatic nitrogens is 1. The minimum absolute atomic E-state index is 0.0928. The van der Waals surface area contributed by atoms with Crippen LogP contribution in [0.2, 0.25) is 0 Å². The van der Waals surface area contributed by atoms with Crippen molar-refractivity contribution in [2.45, 2.75) is 0 Å². The fraction of sp³-hybridized carbons (Fsp3) is 0.250. The van der Waals surface area contributed by atoms with Crippen molar-refractivity contribution in [2.24, 2.45) is 7.05 Å². The van der Waals surface area contributed by atoms with Gasteiger partial charge in [-0.3, -0.25) is 4.79 Å².